The summed E-state index contributed by atoms with van der Waals surface area (Å²) in [7, 11) is 0. The van der Waals surface area contributed by atoms with Gasteiger partial charge in [-0.05, 0) is 36.0 Å². The highest BCUT2D eigenvalue weighted by molar-refractivity contribution is 5.92. The Bertz CT molecular complexity index is 470. The van der Waals surface area contributed by atoms with Crippen LogP contribution in [0.2, 0.25) is 0 Å². The van der Waals surface area contributed by atoms with Gasteiger partial charge in [0.1, 0.15) is 0 Å². The molecule has 0 unspecified atom stereocenters. The number of aliphatic hydroxyl groups is 1. The van der Waals surface area contributed by atoms with Gasteiger partial charge >= 0.3 is 0 Å². The molecule has 0 radical (unpaired) electrons. The van der Waals surface area contributed by atoms with Gasteiger partial charge in [-0.25, -0.2) is 0 Å². The fourth-order valence-corrected chi connectivity index (χ4v) is 1.94. The highest BCUT2D eigenvalue weighted by Gasteiger charge is 2.42. The van der Waals surface area contributed by atoms with Crippen molar-refractivity contribution in [3.8, 4) is 0 Å². The first-order valence-electron chi connectivity index (χ1n) is 6.76. The summed E-state index contributed by atoms with van der Waals surface area (Å²) in [5.74, 6) is 0.375. The predicted molar refractivity (Wildman–Crippen MR) is 76.8 cm³/mol. The van der Waals surface area contributed by atoms with Crippen LogP contribution in [0.25, 0.3) is 6.08 Å². The third-order valence-corrected chi connectivity index (χ3v) is 3.57. The Morgan fingerprint density at radius 3 is 2.47 bits per heavy atom. The maximum atomic E-state index is 11.7. The van der Waals surface area contributed by atoms with Crippen molar-refractivity contribution < 1.29 is 9.90 Å². The van der Waals surface area contributed by atoms with Gasteiger partial charge in [-0.15, -0.1) is 0 Å². The van der Waals surface area contributed by atoms with Crippen molar-refractivity contribution >= 4 is 12.0 Å². The molecule has 1 amide bonds. The summed E-state index contributed by atoms with van der Waals surface area (Å²) in [6.07, 6.45) is 5.06. The molecule has 102 valence electrons. The Balaban J connectivity index is 1.92. The standard InChI is InChI=1S/C16H21NO2/c1-12(2)14-6-3-13(4-7-14)5-8-15(19)17-16(11-18)9-10-16/h3-8,12,18H,9-11H2,1-2H3,(H,17,19)/b8-5+. The van der Waals surface area contributed by atoms with Gasteiger partial charge in [0.15, 0.2) is 0 Å². The van der Waals surface area contributed by atoms with Crippen molar-refractivity contribution in [1.82, 2.24) is 5.32 Å². The molecule has 1 fully saturated rings. The van der Waals surface area contributed by atoms with Crippen molar-refractivity contribution in [1.29, 1.82) is 0 Å². The molecule has 0 aliphatic heterocycles. The molecule has 1 aliphatic rings. The second kappa shape index (κ2) is 5.57. The molecule has 19 heavy (non-hydrogen) atoms. The van der Waals surface area contributed by atoms with E-state index in [-0.39, 0.29) is 18.1 Å². The molecule has 1 aromatic rings. The Morgan fingerprint density at radius 1 is 1.37 bits per heavy atom. The normalized spacial score (nSPS) is 16.8. The number of hydrogen-bond acceptors (Lipinski definition) is 2. The van der Waals surface area contributed by atoms with Crippen LogP contribution < -0.4 is 5.32 Å². The van der Waals surface area contributed by atoms with Gasteiger partial charge in [0.25, 0.3) is 0 Å². The lowest BCUT2D eigenvalue weighted by Gasteiger charge is -2.11. The number of benzene rings is 1. The zero-order chi connectivity index (χ0) is 13.9. The summed E-state index contributed by atoms with van der Waals surface area (Å²) in [5.41, 5.74) is 1.95. The number of aliphatic hydroxyl groups excluding tert-OH is 1. The number of rotatable bonds is 5. The molecule has 0 saturated heterocycles. The van der Waals surface area contributed by atoms with E-state index in [0.29, 0.717) is 5.92 Å². The quantitative estimate of drug-likeness (QED) is 0.798. The van der Waals surface area contributed by atoms with Crippen LogP contribution in [0.1, 0.15) is 43.7 Å². The molecular formula is C16H21NO2. The van der Waals surface area contributed by atoms with Crippen LogP contribution in [0.4, 0.5) is 0 Å². The Labute approximate surface area is 114 Å². The van der Waals surface area contributed by atoms with Crippen LogP contribution in [0, 0.1) is 0 Å². The lowest BCUT2D eigenvalue weighted by atomic mass is 10.0. The summed E-state index contributed by atoms with van der Waals surface area (Å²) >= 11 is 0. The summed E-state index contributed by atoms with van der Waals surface area (Å²) in [5, 5.41) is 12.0. The number of amides is 1. The summed E-state index contributed by atoms with van der Waals surface area (Å²) < 4.78 is 0. The van der Waals surface area contributed by atoms with Crippen molar-refractivity contribution in [2.24, 2.45) is 0 Å². The SMILES string of the molecule is CC(C)c1ccc(/C=C/C(=O)NC2(CO)CC2)cc1. The first-order chi connectivity index (χ1) is 9.04. The van der Waals surface area contributed by atoms with Gasteiger partial charge in [-0.3, -0.25) is 4.79 Å². The average Bonchev–Trinajstić information content (AvgIpc) is 3.17. The minimum absolute atomic E-state index is 0.0235. The van der Waals surface area contributed by atoms with Crippen LogP contribution >= 0.6 is 0 Å². The highest BCUT2D eigenvalue weighted by Crippen LogP contribution is 2.34. The lowest BCUT2D eigenvalue weighted by Crippen LogP contribution is -2.38. The zero-order valence-corrected chi connectivity index (χ0v) is 11.5. The number of carbonyl (C=O) groups excluding carboxylic acids is 1. The molecule has 0 atom stereocenters. The van der Waals surface area contributed by atoms with E-state index in [1.54, 1.807) is 6.08 Å². The fraction of sp³-hybridized carbons (Fsp3) is 0.438. The topological polar surface area (TPSA) is 49.3 Å². The van der Waals surface area contributed by atoms with Gasteiger partial charge in [-0.1, -0.05) is 38.1 Å². The van der Waals surface area contributed by atoms with E-state index in [9.17, 15) is 4.79 Å². The van der Waals surface area contributed by atoms with Crippen molar-refractivity contribution in [3.63, 3.8) is 0 Å². The van der Waals surface area contributed by atoms with Gasteiger partial charge in [-0.2, -0.15) is 0 Å². The molecular weight excluding hydrogens is 238 g/mol. The zero-order valence-electron chi connectivity index (χ0n) is 11.5. The molecule has 0 spiro atoms. The summed E-state index contributed by atoms with van der Waals surface area (Å²) in [6.45, 7) is 4.33. The fourth-order valence-electron chi connectivity index (χ4n) is 1.94. The number of carbonyl (C=O) groups is 1. The maximum absolute atomic E-state index is 11.7. The summed E-state index contributed by atoms with van der Waals surface area (Å²) in [4.78, 5) is 11.7. The second-order valence-electron chi connectivity index (χ2n) is 5.58. The van der Waals surface area contributed by atoms with Gasteiger partial charge in [0.05, 0.1) is 12.1 Å². The Kier molecular flexibility index (Phi) is 4.05. The smallest absolute Gasteiger partial charge is 0.244 e. The van der Waals surface area contributed by atoms with E-state index in [1.807, 2.05) is 12.1 Å². The van der Waals surface area contributed by atoms with E-state index >= 15 is 0 Å². The predicted octanol–water partition coefficient (Wildman–Crippen LogP) is 2.46. The van der Waals surface area contributed by atoms with Crippen LogP contribution in [-0.4, -0.2) is 23.2 Å². The molecule has 2 rings (SSSR count). The first-order valence-corrected chi connectivity index (χ1v) is 6.76. The molecule has 3 heteroatoms. The maximum Gasteiger partial charge on any atom is 0.244 e. The molecule has 1 aliphatic carbocycles. The van der Waals surface area contributed by atoms with Crippen LogP contribution in [-0.2, 0) is 4.79 Å². The third-order valence-electron chi connectivity index (χ3n) is 3.57. The molecule has 3 nitrogen and oxygen atoms in total. The van der Waals surface area contributed by atoms with E-state index in [1.165, 1.54) is 11.6 Å². The Hall–Kier alpha value is -1.61. The Morgan fingerprint density at radius 2 is 2.00 bits per heavy atom. The van der Waals surface area contributed by atoms with E-state index in [4.69, 9.17) is 5.11 Å². The van der Waals surface area contributed by atoms with Gasteiger partial charge < -0.3 is 10.4 Å². The molecule has 0 heterocycles. The minimum atomic E-state index is -0.344. The third kappa shape index (κ3) is 3.67. The minimum Gasteiger partial charge on any atom is -0.394 e. The van der Waals surface area contributed by atoms with Crippen LogP contribution in [0.15, 0.2) is 30.3 Å². The molecule has 0 aromatic heterocycles. The van der Waals surface area contributed by atoms with Gasteiger partial charge in [0.2, 0.25) is 5.91 Å². The highest BCUT2D eigenvalue weighted by atomic mass is 16.3. The molecule has 0 bridgehead atoms. The van der Waals surface area contributed by atoms with Crippen molar-refractivity contribution in [3.05, 3.63) is 41.5 Å². The van der Waals surface area contributed by atoms with E-state index in [0.717, 1.165) is 18.4 Å². The molecule has 2 N–H and O–H groups in total. The summed E-state index contributed by atoms with van der Waals surface area (Å²) in [6, 6.07) is 8.19. The van der Waals surface area contributed by atoms with Gasteiger partial charge in [0, 0.05) is 6.08 Å². The average molecular weight is 259 g/mol. The first kappa shape index (κ1) is 13.8. The molecule has 1 saturated carbocycles. The van der Waals surface area contributed by atoms with Crippen molar-refractivity contribution in [2.75, 3.05) is 6.61 Å². The molecule has 1 aromatic carbocycles. The largest absolute Gasteiger partial charge is 0.394 e. The number of hydrogen-bond donors (Lipinski definition) is 2. The number of nitrogens with one attached hydrogen (secondary N) is 1. The lowest BCUT2D eigenvalue weighted by molar-refractivity contribution is -0.117. The monoisotopic (exact) mass is 259 g/mol. The van der Waals surface area contributed by atoms with E-state index < -0.39 is 0 Å². The second-order valence-corrected chi connectivity index (χ2v) is 5.58. The van der Waals surface area contributed by atoms with E-state index in [2.05, 4.69) is 31.3 Å². The van der Waals surface area contributed by atoms with Crippen molar-refractivity contribution in [2.45, 2.75) is 38.1 Å². The van der Waals surface area contributed by atoms with Crippen LogP contribution in [0.3, 0.4) is 0 Å². The van der Waals surface area contributed by atoms with Crippen LogP contribution in [0.5, 0.6) is 0 Å².